The highest BCUT2D eigenvalue weighted by molar-refractivity contribution is 5.94. The summed E-state index contributed by atoms with van der Waals surface area (Å²) in [7, 11) is 2.21. The Balaban J connectivity index is 1.28. The van der Waals surface area contributed by atoms with Crippen LogP contribution in [0.5, 0.6) is 0 Å². The van der Waals surface area contributed by atoms with Crippen LogP contribution in [0.1, 0.15) is 44.2 Å². The van der Waals surface area contributed by atoms with Gasteiger partial charge in [0.15, 0.2) is 0 Å². The van der Waals surface area contributed by atoms with E-state index in [9.17, 15) is 4.79 Å². The van der Waals surface area contributed by atoms with Crippen LogP contribution in [0.4, 0.5) is 0 Å². The van der Waals surface area contributed by atoms with Gasteiger partial charge in [-0.15, -0.1) is 0 Å². The number of nitrogens with zero attached hydrogens (tertiary/aromatic N) is 3. The summed E-state index contributed by atoms with van der Waals surface area (Å²) in [5, 5.41) is 0. The number of pyridine rings is 1. The predicted molar refractivity (Wildman–Crippen MR) is 105 cm³/mol. The molecule has 1 aliphatic carbocycles. The Morgan fingerprint density at radius 3 is 2.96 bits per heavy atom. The highest BCUT2D eigenvalue weighted by Crippen LogP contribution is 2.39. The first-order chi connectivity index (χ1) is 13.2. The summed E-state index contributed by atoms with van der Waals surface area (Å²) >= 11 is 0. The number of rotatable bonds is 5. The summed E-state index contributed by atoms with van der Waals surface area (Å²) < 4.78 is 5.96. The van der Waals surface area contributed by atoms with Crippen molar-refractivity contribution in [1.29, 1.82) is 0 Å². The molecular formula is C22H31N3O2. The Morgan fingerprint density at radius 2 is 2.22 bits per heavy atom. The summed E-state index contributed by atoms with van der Waals surface area (Å²) in [4.78, 5) is 21.6. The van der Waals surface area contributed by atoms with Crippen LogP contribution < -0.4 is 0 Å². The van der Waals surface area contributed by atoms with E-state index in [0.29, 0.717) is 12.5 Å². The van der Waals surface area contributed by atoms with Gasteiger partial charge in [0.05, 0.1) is 24.4 Å². The Kier molecular flexibility index (Phi) is 5.60. The molecular weight excluding hydrogens is 338 g/mol. The van der Waals surface area contributed by atoms with E-state index in [1.165, 1.54) is 12.8 Å². The van der Waals surface area contributed by atoms with Gasteiger partial charge in [-0.2, -0.15) is 0 Å². The smallest absolute Gasteiger partial charge is 0.249 e. The van der Waals surface area contributed by atoms with Crippen LogP contribution in [0.3, 0.4) is 0 Å². The van der Waals surface area contributed by atoms with Crippen molar-refractivity contribution < 1.29 is 9.53 Å². The zero-order chi connectivity index (χ0) is 18.7. The van der Waals surface area contributed by atoms with E-state index < -0.39 is 0 Å². The van der Waals surface area contributed by atoms with Crippen LogP contribution in [0.25, 0.3) is 0 Å². The number of amides is 1. The molecule has 1 aromatic heterocycles. The molecule has 2 aliphatic heterocycles. The number of hydrogen-bond acceptors (Lipinski definition) is 4. The maximum atomic E-state index is 12.7. The summed E-state index contributed by atoms with van der Waals surface area (Å²) in [5.41, 5.74) is 2.19. The van der Waals surface area contributed by atoms with Gasteiger partial charge in [0.25, 0.3) is 0 Å². The fourth-order valence-corrected chi connectivity index (χ4v) is 4.78. The number of ether oxygens (including phenoxy) is 1. The topological polar surface area (TPSA) is 45.7 Å². The molecule has 5 nitrogen and oxygen atoms in total. The molecule has 2 fully saturated rings. The Hall–Kier alpha value is -1.72. The second kappa shape index (κ2) is 8.11. The summed E-state index contributed by atoms with van der Waals surface area (Å²) in [6.07, 6.45) is 10.7. The molecule has 1 amide bonds. The van der Waals surface area contributed by atoms with Gasteiger partial charge in [-0.1, -0.05) is 12.1 Å². The highest BCUT2D eigenvalue weighted by atomic mass is 16.5. The van der Waals surface area contributed by atoms with Crippen molar-refractivity contribution in [1.82, 2.24) is 14.8 Å². The van der Waals surface area contributed by atoms with Crippen molar-refractivity contribution in [2.45, 2.75) is 50.7 Å². The lowest BCUT2D eigenvalue weighted by Gasteiger charge is -2.58. The second-order valence-corrected chi connectivity index (χ2v) is 8.48. The van der Waals surface area contributed by atoms with Gasteiger partial charge in [-0.05, 0) is 70.2 Å². The van der Waals surface area contributed by atoms with Crippen LogP contribution in [0.2, 0.25) is 0 Å². The molecule has 27 heavy (non-hydrogen) atoms. The minimum Gasteiger partial charge on any atom is -0.375 e. The van der Waals surface area contributed by atoms with Crippen LogP contribution in [-0.2, 0) is 16.1 Å². The van der Waals surface area contributed by atoms with Gasteiger partial charge in [-0.25, -0.2) is 0 Å². The lowest BCUT2D eigenvalue weighted by atomic mass is 9.75. The lowest BCUT2D eigenvalue weighted by Crippen LogP contribution is -2.72. The SMILES string of the molecule is CN1CC[C@H](COCc2ccccn2)CC12CN(C(=O)C1=CCCCC1)C2. The van der Waals surface area contributed by atoms with E-state index in [-0.39, 0.29) is 11.4 Å². The number of likely N-dealkylation sites (tertiary alicyclic amines) is 2. The normalized spacial score (nSPS) is 25.1. The van der Waals surface area contributed by atoms with E-state index in [1.807, 2.05) is 24.4 Å². The second-order valence-electron chi connectivity index (χ2n) is 8.48. The van der Waals surface area contributed by atoms with Gasteiger partial charge >= 0.3 is 0 Å². The summed E-state index contributed by atoms with van der Waals surface area (Å²) in [6.45, 7) is 4.19. The maximum absolute atomic E-state index is 12.7. The van der Waals surface area contributed by atoms with Gasteiger partial charge in [0.2, 0.25) is 5.91 Å². The minimum absolute atomic E-state index is 0.155. The molecule has 4 rings (SSSR count). The quantitative estimate of drug-likeness (QED) is 0.800. The molecule has 5 heteroatoms. The zero-order valence-corrected chi connectivity index (χ0v) is 16.4. The van der Waals surface area contributed by atoms with Crippen molar-refractivity contribution in [3.8, 4) is 0 Å². The third-order valence-electron chi connectivity index (χ3n) is 6.50. The van der Waals surface area contributed by atoms with Crippen LogP contribution in [0.15, 0.2) is 36.0 Å². The lowest BCUT2D eigenvalue weighted by molar-refractivity contribution is -0.147. The molecule has 0 aromatic carbocycles. The number of piperidine rings is 1. The summed E-state index contributed by atoms with van der Waals surface area (Å²) in [5.74, 6) is 0.846. The molecule has 3 heterocycles. The number of carbonyl (C=O) groups excluding carboxylic acids is 1. The Bertz CT molecular complexity index is 682. The molecule has 0 N–H and O–H groups in total. The van der Waals surface area contributed by atoms with Crippen LogP contribution in [0, 0.1) is 5.92 Å². The molecule has 0 bridgehead atoms. The Labute approximate surface area is 162 Å². The van der Waals surface area contributed by atoms with E-state index in [1.54, 1.807) is 0 Å². The predicted octanol–water partition coefficient (Wildman–Crippen LogP) is 3.02. The monoisotopic (exact) mass is 369 g/mol. The van der Waals surface area contributed by atoms with Gasteiger partial charge in [0, 0.05) is 24.9 Å². The average molecular weight is 370 g/mol. The van der Waals surface area contributed by atoms with Gasteiger partial charge in [0.1, 0.15) is 0 Å². The fourth-order valence-electron chi connectivity index (χ4n) is 4.78. The third-order valence-corrected chi connectivity index (χ3v) is 6.50. The van der Waals surface area contributed by atoms with E-state index in [0.717, 1.165) is 63.2 Å². The molecule has 1 atom stereocenters. The first-order valence-corrected chi connectivity index (χ1v) is 10.3. The van der Waals surface area contributed by atoms with Gasteiger partial charge in [-0.3, -0.25) is 14.7 Å². The van der Waals surface area contributed by atoms with E-state index in [4.69, 9.17) is 4.74 Å². The maximum Gasteiger partial charge on any atom is 0.249 e. The van der Waals surface area contributed by atoms with Crippen molar-refractivity contribution in [3.05, 3.63) is 41.7 Å². The highest BCUT2D eigenvalue weighted by Gasteiger charge is 2.51. The molecule has 0 radical (unpaired) electrons. The van der Waals surface area contributed by atoms with Crippen molar-refractivity contribution >= 4 is 5.91 Å². The number of likely N-dealkylation sites (N-methyl/N-ethyl adjacent to an activating group) is 1. The number of allylic oxidation sites excluding steroid dienone is 1. The molecule has 146 valence electrons. The standard InChI is InChI=1S/C22H31N3O2/c1-24-12-10-18(14-27-15-20-9-5-6-11-23-20)13-22(24)16-25(17-22)21(26)19-7-3-2-4-8-19/h5-7,9,11,18H,2-4,8,10,12-17H2,1H3/t18-/m0/s1. The third kappa shape index (κ3) is 4.09. The van der Waals surface area contributed by atoms with E-state index in [2.05, 4.69) is 27.9 Å². The molecule has 3 aliphatic rings. The van der Waals surface area contributed by atoms with Crippen molar-refractivity contribution in [2.75, 3.05) is 33.3 Å². The fraction of sp³-hybridized carbons (Fsp3) is 0.636. The van der Waals surface area contributed by atoms with Crippen molar-refractivity contribution in [2.24, 2.45) is 5.92 Å². The number of carbonyl (C=O) groups is 1. The molecule has 2 saturated heterocycles. The van der Waals surface area contributed by atoms with Crippen molar-refractivity contribution in [3.63, 3.8) is 0 Å². The molecule has 1 aromatic rings. The Morgan fingerprint density at radius 1 is 1.33 bits per heavy atom. The van der Waals surface area contributed by atoms with E-state index >= 15 is 0 Å². The van der Waals surface area contributed by atoms with Crippen LogP contribution in [-0.4, -0.2) is 59.5 Å². The molecule has 0 unspecified atom stereocenters. The molecule has 0 saturated carbocycles. The first kappa shape index (κ1) is 18.6. The molecule has 1 spiro atoms. The summed E-state index contributed by atoms with van der Waals surface area (Å²) in [6, 6.07) is 5.93. The largest absolute Gasteiger partial charge is 0.375 e. The average Bonchev–Trinajstić information content (AvgIpc) is 2.68. The minimum atomic E-state index is 0.155. The number of aromatic nitrogens is 1. The number of hydrogen-bond donors (Lipinski definition) is 0. The zero-order valence-electron chi connectivity index (χ0n) is 16.4. The van der Waals surface area contributed by atoms with Gasteiger partial charge < -0.3 is 9.64 Å². The first-order valence-electron chi connectivity index (χ1n) is 10.3. The van der Waals surface area contributed by atoms with Crippen LogP contribution >= 0.6 is 0 Å².